The van der Waals surface area contributed by atoms with Crippen LogP contribution in [-0.4, -0.2) is 0 Å². The fourth-order valence-electron chi connectivity index (χ4n) is 7.65. The summed E-state index contributed by atoms with van der Waals surface area (Å²) in [5.41, 5.74) is 9.68. The van der Waals surface area contributed by atoms with Crippen molar-refractivity contribution in [1.29, 1.82) is 0 Å². The van der Waals surface area contributed by atoms with Crippen molar-refractivity contribution in [1.82, 2.24) is 0 Å². The predicted molar refractivity (Wildman–Crippen MR) is 212 cm³/mol. The number of hydrogen-bond donors (Lipinski definition) is 0. The van der Waals surface area contributed by atoms with E-state index in [1.165, 1.54) is 43.4 Å². The minimum Gasteiger partial charge on any atom is -0.456 e. The van der Waals surface area contributed by atoms with Crippen molar-refractivity contribution < 1.29 is 4.42 Å². The number of nitrogens with zero attached hydrogens (tertiary/aromatic N) is 1. The number of para-hydroxylation sites is 2. The van der Waals surface area contributed by atoms with Crippen molar-refractivity contribution in [2.45, 2.75) is 0 Å². The quantitative estimate of drug-likeness (QED) is 0.175. The summed E-state index contributed by atoms with van der Waals surface area (Å²) in [6.45, 7) is 0. The Bertz CT molecular complexity index is 2900. The van der Waals surface area contributed by atoms with Crippen molar-refractivity contribution in [3.05, 3.63) is 188 Å². The molecule has 10 aromatic rings. The van der Waals surface area contributed by atoms with Gasteiger partial charge in [0.1, 0.15) is 11.2 Å². The van der Waals surface area contributed by atoms with E-state index in [0.29, 0.717) is 0 Å². The molecule has 0 saturated carbocycles. The van der Waals surface area contributed by atoms with Gasteiger partial charge in [-0.15, -0.1) is 0 Å². The lowest BCUT2D eigenvalue weighted by Gasteiger charge is -2.28. The van der Waals surface area contributed by atoms with E-state index >= 15 is 0 Å². The van der Waals surface area contributed by atoms with Crippen molar-refractivity contribution in [3.63, 3.8) is 0 Å². The van der Waals surface area contributed by atoms with Crippen LogP contribution < -0.4 is 4.90 Å². The Balaban J connectivity index is 1.22. The van der Waals surface area contributed by atoms with Gasteiger partial charge in [-0.3, -0.25) is 0 Å². The van der Waals surface area contributed by atoms with E-state index in [-0.39, 0.29) is 0 Å². The van der Waals surface area contributed by atoms with Crippen LogP contribution in [0.4, 0.5) is 17.1 Å². The Labute approximate surface area is 290 Å². The molecule has 0 unspecified atom stereocenters. The zero-order chi connectivity index (χ0) is 33.0. The fourth-order valence-corrected chi connectivity index (χ4v) is 7.65. The first-order valence-electron chi connectivity index (χ1n) is 17.1. The van der Waals surface area contributed by atoms with Crippen molar-refractivity contribution >= 4 is 71.3 Å². The first-order chi connectivity index (χ1) is 24.8. The Morgan fingerprint density at radius 2 is 0.980 bits per heavy atom. The van der Waals surface area contributed by atoms with Gasteiger partial charge in [0, 0.05) is 33.8 Å². The third kappa shape index (κ3) is 4.65. The highest BCUT2D eigenvalue weighted by atomic mass is 16.3. The highest BCUT2D eigenvalue weighted by Crippen LogP contribution is 2.46. The maximum atomic E-state index is 6.44. The third-order valence-corrected chi connectivity index (χ3v) is 10.0. The molecule has 0 N–H and O–H groups in total. The molecule has 1 heterocycles. The van der Waals surface area contributed by atoms with Crippen LogP contribution in [0.3, 0.4) is 0 Å². The summed E-state index contributed by atoms with van der Waals surface area (Å²) in [5, 5.41) is 9.69. The number of fused-ring (bicyclic) bond motifs is 7. The van der Waals surface area contributed by atoms with E-state index in [2.05, 4.69) is 181 Å². The number of furan rings is 1. The van der Waals surface area contributed by atoms with E-state index in [0.717, 1.165) is 50.1 Å². The molecule has 0 fully saturated rings. The van der Waals surface area contributed by atoms with Gasteiger partial charge in [0.25, 0.3) is 0 Å². The van der Waals surface area contributed by atoms with E-state index in [4.69, 9.17) is 4.42 Å². The average molecular weight is 638 g/mol. The second-order valence-corrected chi connectivity index (χ2v) is 12.9. The molecule has 0 bridgehead atoms. The molecule has 2 heteroatoms. The zero-order valence-corrected chi connectivity index (χ0v) is 27.3. The Morgan fingerprint density at radius 1 is 0.320 bits per heavy atom. The van der Waals surface area contributed by atoms with Crippen LogP contribution in [0.25, 0.3) is 76.5 Å². The molecule has 234 valence electrons. The Hall–Kier alpha value is -6.64. The molecule has 2 nitrogen and oxygen atoms in total. The largest absolute Gasteiger partial charge is 0.456 e. The summed E-state index contributed by atoms with van der Waals surface area (Å²) < 4.78 is 6.44. The summed E-state index contributed by atoms with van der Waals surface area (Å²) >= 11 is 0. The van der Waals surface area contributed by atoms with Gasteiger partial charge in [0.05, 0.1) is 5.69 Å². The Morgan fingerprint density at radius 3 is 1.88 bits per heavy atom. The van der Waals surface area contributed by atoms with E-state index in [9.17, 15) is 0 Å². The van der Waals surface area contributed by atoms with Gasteiger partial charge < -0.3 is 9.32 Å². The lowest BCUT2D eigenvalue weighted by atomic mass is 9.92. The minimum absolute atomic E-state index is 0.869. The monoisotopic (exact) mass is 637 g/mol. The van der Waals surface area contributed by atoms with Crippen LogP contribution >= 0.6 is 0 Å². The van der Waals surface area contributed by atoms with Crippen molar-refractivity contribution in [2.75, 3.05) is 4.90 Å². The van der Waals surface area contributed by atoms with E-state index in [1.54, 1.807) is 0 Å². The SMILES string of the molecule is c1cc(-c2ccc3ccccc3c2)cc(N(c2ccc3c(c2)oc2ccccc23)c2ccccc2-c2cc3ccccc3c3ccccc23)c1. The second-order valence-electron chi connectivity index (χ2n) is 12.9. The first-order valence-corrected chi connectivity index (χ1v) is 17.1. The maximum absolute atomic E-state index is 6.44. The predicted octanol–water partition coefficient (Wildman–Crippen LogP) is 13.8. The van der Waals surface area contributed by atoms with Gasteiger partial charge in [-0.2, -0.15) is 0 Å². The standard InChI is InChI=1S/C48H31NO/c1-2-13-33-28-35(25-24-32(33)12-1)34-15-11-16-37(29-34)49(38-26-27-44-43-21-8-10-23-47(43)50-48(44)31-38)46-22-9-7-20-42(46)45-30-36-14-3-4-17-39(36)40-18-5-6-19-41(40)45/h1-31H. The fraction of sp³-hybridized carbons (Fsp3) is 0. The molecule has 9 aromatic carbocycles. The smallest absolute Gasteiger partial charge is 0.137 e. The van der Waals surface area contributed by atoms with Crippen molar-refractivity contribution in [2.24, 2.45) is 0 Å². The number of benzene rings is 9. The number of anilines is 3. The molecule has 0 aliphatic rings. The maximum Gasteiger partial charge on any atom is 0.137 e. The Kier molecular flexibility index (Phi) is 6.53. The first kappa shape index (κ1) is 28.4. The normalized spacial score (nSPS) is 11.6. The average Bonchev–Trinajstić information content (AvgIpc) is 3.56. The highest BCUT2D eigenvalue weighted by Gasteiger charge is 2.21. The second kappa shape index (κ2) is 11.5. The van der Waals surface area contributed by atoms with Gasteiger partial charge in [0.2, 0.25) is 0 Å². The van der Waals surface area contributed by atoms with Crippen LogP contribution in [0.5, 0.6) is 0 Å². The molecule has 0 amide bonds. The number of rotatable bonds is 5. The van der Waals surface area contributed by atoms with Crippen LogP contribution in [0.15, 0.2) is 192 Å². The molecule has 0 radical (unpaired) electrons. The van der Waals surface area contributed by atoms with Crippen LogP contribution in [0, 0.1) is 0 Å². The summed E-state index contributed by atoms with van der Waals surface area (Å²) in [6, 6.07) is 67.6. The van der Waals surface area contributed by atoms with Crippen molar-refractivity contribution in [3.8, 4) is 22.3 Å². The van der Waals surface area contributed by atoms with E-state index in [1.807, 2.05) is 12.1 Å². The van der Waals surface area contributed by atoms with Gasteiger partial charge in [-0.1, -0.05) is 133 Å². The molecule has 0 saturated heterocycles. The highest BCUT2D eigenvalue weighted by molar-refractivity contribution is 6.15. The van der Waals surface area contributed by atoms with Crippen LogP contribution in [0.2, 0.25) is 0 Å². The summed E-state index contributed by atoms with van der Waals surface area (Å²) in [5.74, 6) is 0. The molecule has 0 atom stereocenters. The van der Waals surface area contributed by atoms with E-state index < -0.39 is 0 Å². The van der Waals surface area contributed by atoms with Gasteiger partial charge in [-0.05, 0) is 97.5 Å². The summed E-state index contributed by atoms with van der Waals surface area (Å²) in [6.07, 6.45) is 0. The van der Waals surface area contributed by atoms with Crippen LogP contribution in [-0.2, 0) is 0 Å². The molecule has 0 aliphatic carbocycles. The molecular formula is C48H31NO. The van der Waals surface area contributed by atoms with Crippen LogP contribution in [0.1, 0.15) is 0 Å². The van der Waals surface area contributed by atoms with Gasteiger partial charge in [-0.25, -0.2) is 0 Å². The molecule has 50 heavy (non-hydrogen) atoms. The lowest BCUT2D eigenvalue weighted by Crippen LogP contribution is -2.11. The molecule has 0 aliphatic heterocycles. The molecule has 10 rings (SSSR count). The molecule has 1 aromatic heterocycles. The minimum atomic E-state index is 0.869. The van der Waals surface area contributed by atoms with Gasteiger partial charge >= 0.3 is 0 Å². The third-order valence-electron chi connectivity index (χ3n) is 10.0. The number of hydrogen-bond acceptors (Lipinski definition) is 2. The lowest BCUT2D eigenvalue weighted by molar-refractivity contribution is 0.669. The van der Waals surface area contributed by atoms with Gasteiger partial charge in [0.15, 0.2) is 0 Å². The topological polar surface area (TPSA) is 16.4 Å². The molecular weight excluding hydrogens is 607 g/mol. The molecule has 0 spiro atoms. The zero-order valence-electron chi connectivity index (χ0n) is 27.3. The summed E-state index contributed by atoms with van der Waals surface area (Å²) in [7, 11) is 0. The summed E-state index contributed by atoms with van der Waals surface area (Å²) in [4.78, 5) is 2.39.